The van der Waals surface area contributed by atoms with Crippen molar-refractivity contribution in [3.63, 3.8) is 0 Å². The van der Waals surface area contributed by atoms with E-state index in [0.29, 0.717) is 24.0 Å². The molecule has 4 aromatic rings. The van der Waals surface area contributed by atoms with Gasteiger partial charge in [0.2, 0.25) is 0 Å². The smallest absolute Gasteiger partial charge is 0.176 e. The predicted octanol–water partition coefficient (Wildman–Crippen LogP) is 4.92. The minimum atomic E-state index is 0.475. The number of anilines is 2. The van der Waals surface area contributed by atoms with Crippen molar-refractivity contribution >= 4 is 28.8 Å². The molecule has 0 aliphatic heterocycles. The van der Waals surface area contributed by atoms with Crippen LogP contribution < -0.4 is 15.4 Å². The third-order valence-corrected chi connectivity index (χ3v) is 5.77. The number of aromatic nitrogens is 4. The van der Waals surface area contributed by atoms with Crippen LogP contribution >= 0.6 is 12.2 Å². The second-order valence-corrected chi connectivity index (χ2v) is 8.37. The molecule has 170 valence electrons. The number of nitrogens with zero attached hydrogens (tertiary/aromatic N) is 4. The summed E-state index contributed by atoms with van der Waals surface area (Å²) < 4.78 is 9.19. The van der Waals surface area contributed by atoms with E-state index in [0.717, 1.165) is 28.4 Å². The number of methoxy groups -OCH3 is 1. The van der Waals surface area contributed by atoms with E-state index in [2.05, 4.69) is 46.0 Å². The Morgan fingerprint density at radius 1 is 0.970 bits per heavy atom. The van der Waals surface area contributed by atoms with Crippen LogP contribution in [-0.4, -0.2) is 31.8 Å². The van der Waals surface area contributed by atoms with Crippen molar-refractivity contribution in [2.75, 3.05) is 17.7 Å². The van der Waals surface area contributed by atoms with Gasteiger partial charge in [-0.25, -0.2) is 0 Å². The Bertz CT molecular complexity index is 1280. The Labute approximate surface area is 199 Å². The van der Waals surface area contributed by atoms with Crippen molar-refractivity contribution in [3.05, 3.63) is 88.9 Å². The predicted molar refractivity (Wildman–Crippen MR) is 136 cm³/mol. The minimum absolute atomic E-state index is 0.475. The van der Waals surface area contributed by atoms with Crippen LogP contribution in [-0.2, 0) is 13.1 Å². The average molecular weight is 461 g/mol. The molecule has 7 nitrogen and oxygen atoms in total. The van der Waals surface area contributed by atoms with Gasteiger partial charge in [-0.1, -0.05) is 36.4 Å². The summed E-state index contributed by atoms with van der Waals surface area (Å²) in [6, 6.07) is 18.2. The van der Waals surface area contributed by atoms with Gasteiger partial charge in [0.05, 0.1) is 37.3 Å². The van der Waals surface area contributed by atoms with E-state index in [1.54, 1.807) is 7.11 Å². The van der Waals surface area contributed by atoms with Crippen LogP contribution in [0.5, 0.6) is 5.75 Å². The van der Waals surface area contributed by atoms with Crippen LogP contribution in [0.3, 0.4) is 0 Å². The van der Waals surface area contributed by atoms with E-state index < -0.39 is 0 Å². The van der Waals surface area contributed by atoms with Gasteiger partial charge in [-0.15, -0.1) is 0 Å². The molecule has 2 aromatic heterocycles. The fraction of sp³-hybridized carbons (Fsp3) is 0.240. The van der Waals surface area contributed by atoms with Gasteiger partial charge in [0.1, 0.15) is 5.75 Å². The molecule has 0 atom stereocenters. The maximum absolute atomic E-state index is 5.54. The topological polar surface area (TPSA) is 68.9 Å². The molecule has 8 heteroatoms. The van der Waals surface area contributed by atoms with Crippen molar-refractivity contribution in [3.8, 4) is 5.75 Å². The van der Waals surface area contributed by atoms with Gasteiger partial charge in [-0.2, -0.15) is 10.2 Å². The Hall–Kier alpha value is -3.65. The summed E-state index contributed by atoms with van der Waals surface area (Å²) in [7, 11) is 1.67. The van der Waals surface area contributed by atoms with Crippen molar-refractivity contribution in [2.45, 2.75) is 33.9 Å². The zero-order valence-electron chi connectivity index (χ0n) is 19.3. The molecule has 0 amide bonds. The van der Waals surface area contributed by atoms with Crippen LogP contribution in [0.4, 0.5) is 11.5 Å². The molecule has 0 saturated heterocycles. The van der Waals surface area contributed by atoms with Gasteiger partial charge in [-0.3, -0.25) is 9.36 Å². The van der Waals surface area contributed by atoms with Crippen LogP contribution in [0, 0.1) is 20.8 Å². The Morgan fingerprint density at radius 3 is 2.58 bits per heavy atom. The lowest BCUT2D eigenvalue weighted by molar-refractivity contribution is 0.414. The number of rotatable bonds is 7. The highest BCUT2D eigenvalue weighted by molar-refractivity contribution is 7.80. The molecule has 0 radical (unpaired) electrons. The molecule has 33 heavy (non-hydrogen) atoms. The normalized spacial score (nSPS) is 10.8. The molecule has 2 N–H and O–H groups in total. The molecule has 2 aromatic carbocycles. The monoisotopic (exact) mass is 460 g/mol. The van der Waals surface area contributed by atoms with Crippen LogP contribution in [0.2, 0.25) is 0 Å². The summed E-state index contributed by atoms with van der Waals surface area (Å²) in [6.45, 7) is 7.47. The second-order valence-electron chi connectivity index (χ2n) is 7.96. The van der Waals surface area contributed by atoms with Gasteiger partial charge in [0, 0.05) is 12.3 Å². The molecular weight excluding hydrogens is 432 g/mol. The molecule has 0 spiro atoms. The van der Waals surface area contributed by atoms with E-state index in [-0.39, 0.29) is 0 Å². The first-order valence-corrected chi connectivity index (χ1v) is 11.2. The zero-order valence-corrected chi connectivity index (χ0v) is 20.1. The van der Waals surface area contributed by atoms with Gasteiger partial charge in [0.15, 0.2) is 10.9 Å². The van der Waals surface area contributed by atoms with E-state index >= 15 is 0 Å². The van der Waals surface area contributed by atoms with Gasteiger partial charge < -0.3 is 15.4 Å². The molecule has 0 aliphatic rings. The van der Waals surface area contributed by atoms with Gasteiger partial charge in [0.25, 0.3) is 0 Å². The third kappa shape index (κ3) is 5.40. The number of hydrogen-bond donors (Lipinski definition) is 2. The number of ether oxygens (including phenoxy) is 1. The zero-order chi connectivity index (χ0) is 23.4. The minimum Gasteiger partial charge on any atom is -0.497 e. The standard InChI is InChI=1S/C25H28N6OS/c1-17-8-5-6-10-21(17)16-30-13-12-23(29-30)26-25(33)27-24-18(2)28-31(19(24)3)15-20-9-7-11-22(14-20)32-4/h5-14H,15-16H2,1-4H3,(H2,26,27,29,33). The molecule has 0 fully saturated rings. The number of aryl methyl sites for hydroxylation is 2. The average Bonchev–Trinajstić information content (AvgIpc) is 3.34. The largest absolute Gasteiger partial charge is 0.497 e. The number of thiocarbonyl (C=S) groups is 1. The fourth-order valence-corrected chi connectivity index (χ4v) is 3.92. The number of benzene rings is 2. The number of hydrogen-bond acceptors (Lipinski definition) is 4. The summed E-state index contributed by atoms with van der Waals surface area (Å²) in [4.78, 5) is 0. The second kappa shape index (κ2) is 9.87. The Balaban J connectivity index is 1.41. The SMILES string of the molecule is COc1cccc(Cn2nc(C)c(NC(=S)Nc3ccn(Cc4ccccc4C)n3)c2C)c1. The molecule has 4 rings (SSSR count). The van der Waals surface area contributed by atoms with Crippen molar-refractivity contribution < 1.29 is 4.74 Å². The Kier molecular flexibility index (Phi) is 6.74. The van der Waals surface area contributed by atoms with Crippen LogP contribution in [0.15, 0.2) is 60.8 Å². The summed E-state index contributed by atoms with van der Waals surface area (Å²) in [6.07, 6.45) is 1.94. The van der Waals surface area contributed by atoms with Gasteiger partial charge in [-0.05, 0) is 61.8 Å². The van der Waals surface area contributed by atoms with Crippen LogP contribution in [0.25, 0.3) is 0 Å². The Morgan fingerprint density at radius 2 is 1.79 bits per heavy atom. The molecule has 0 saturated carbocycles. The molecule has 0 unspecified atom stereocenters. The van der Waals surface area contributed by atoms with E-state index in [9.17, 15) is 0 Å². The quantitative estimate of drug-likeness (QED) is 0.382. The summed E-state index contributed by atoms with van der Waals surface area (Å²) >= 11 is 5.54. The highest BCUT2D eigenvalue weighted by Gasteiger charge is 2.14. The summed E-state index contributed by atoms with van der Waals surface area (Å²) in [5.41, 5.74) is 6.38. The maximum atomic E-state index is 5.54. The maximum Gasteiger partial charge on any atom is 0.176 e. The third-order valence-electron chi connectivity index (χ3n) is 5.56. The highest BCUT2D eigenvalue weighted by Crippen LogP contribution is 2.22. The fourth-order valence-electron chi connectivity index (χ4n) is 3.72. The van der Waals surface area contributed by atoms with Crippen molar-refractivity contribution in [1.29, 1.82) is 0 Å². The number of nitrogens with one attached hydrogen (secondary N) is 2. The molecule has 0 aliphatic carbocycles. The lowest BCUT2D eigenvalue weighted by Gasteiger charge is -2.10. The van der Waals surface area contributed by atoms with E-state index in [1.807, 2.05) is 65.8 Å². The van der Waals surface area contributed by atoms with Crippen LogP contribution in [0.1, 0.15) is 28.1 Å². The molecule has 2 heterocycles. The van der Waals surface area contributed by atoms with Crippen molar-refractivity contribution in [1.82, 2.24) is 19.6 Å². The highest BCUT2D eigenvalue weighted by atomic mass is 32.1. The lowest BCUT2D eigenvalue weighted by atomic mass is 10.1. The van der Waals surface area contributed by atoms with E-state index in [1.165, 1.54) is 11.1 Å². The first-order valence-electron chi connectivity index (χ1n) is 10.8. The first kappa shape index (κ1) is 22.5. The lowest BCUT2D eigenvalue weighted by Crippen LogP contribution is -2.20. The molecular formula is C25H28N6OS. The first-order chi connectivity index (χ1) is 15.9. The van der Waals surface area contributed by atoms with Crippen molar-refractivity contribution in [2.24, 2.45) is 0 Å². The molecule has 0 bridgehead atoms. The summed E-state index contributed by atoms with van der Waals surface area (Å²) in [5, 5.41) is 16.2. The van der Waals surface area contributed by atoms with Gasteiger partial charge >= 0.3 is 0 Å². The van der Waals surface area contributed by atoms with E-state index in [4.69, 9.17) is 17.0 Å². The summed E-state index contributed by atoms with van der Waals surface area (Å²) in [5.74, 6) is 1.53.